The molecule has 0 aromatic heterocycles. The van der Waals surface area contributed by atoms with E-state index < -0.39 is 0 Å². The molecule has 0 atom stereocenters. The van der Waals surface area contributed by atoms with Crippen molar-refractivity contribution in [1.82, 2.24) is 0 Å². The van der Waals surface area contributed by atoms with Crippen LogP contribution in [0.2, 0.25) is 0 Å². The van der Waals surface area contributed by atoms with Crippen LogP contribution >= 0.6 is 0 Å². The Morgan fingerprint density at radius 1 is 0.218 bits per heavy atom. The molecule has 13 aromatic carbocycles. The van der Waals surface area contributed by atoms with Crippen LogP contribution in [0.3, 0.4) is 0 Å². The Kier molecular flexibility index (Phi) is 10.3. The fourth-order valence-electron chi connectivity index (χ4n) is 13.7. The van der Waals surface area contributed by atoms with Crippen molar-refractivity contribution < 1.29 is 0 Å². The number of benzene rings is 13. The molecule has 0 amide bonds. The van der Waals surface area contributed by atoms with E-state index in [2.05, 4.69) is 304 Å². The van der Waals surface area contributed by atoms with Crippen molar-refractivity contribution in [3.63, 3.8) is 0 Å². The molecule has 0 radical (unpaired) electrons. The lowest BCUT2D eigenvalue weighted by atomic mass is 9.78. The zero-order chi connectivity index (χ0) is 52.3. The zero-order valence-electron chi connectivity index (χ0n) is 44.3. The van der Waals surface area contributed by atoms with Gasteiger partial charge in [-0.25, -0.2) is 0 Å². The van der Waals surface area contributed by atoms with Gasteiger partial charge in [-0.3, -0.25) is 0 Å². The quantitative estimate of drug-likeness (QED) is 0.150. The van der Waals surface area contributed by atoms with Crippen LogP contribution in [0.5, 0.6) is 0 Å². The third kappa shape index (κ3) is 6.82. The van der Waals surface area contributed by atoms with Gasteiger partial charge in [0.2, 0.25) is 0 Å². The molecular weight excluding hydrogens is 941 g/mol. The van der Waals surface area contributed by atoms with Crippen LogP contribution in [0.15, 0.2) is 267 Å². The average molecular weight is 997 g/mol. The van der Waals surface area contributed by atoms with E-state index in [0.717, 1.165) is 34.1 Å². The first kappa shape index (κ1) is 45.9. The Hall–Kier alpha value is -9.50. The van der Waals surface area contributed by atoms with E-state index >= 15 is 0 Å². The highest BCUT2D eigenvalue weighted by Crippen LogP contribution is 2.60. The van der Waals surface area contributed by atoms with Crippen molar-refractivity contribution in [2.45, 2.75) is 38.5 Å². The fourth-order valence-corrected chi connectivity index (χ4v) is 13.7. The Bertz CT molecular complexity index is 4160. The molecule has 0 N–H and O–H groups in total. The number of hydrogen-bond donors (Lipinski definition) is 0. The number of hydrogen-bond acceptors (Lipinski definition) is 2. The van der Waals surface area contributed by atoms with Crippen LogP contribution in [-0.4, -0.2) is 0 Å². The minimum absolute atomic E-state index is 0.275. The summed E-state index contributed by atoms with van der Waals surface area (Å²) in [6.07, 6.45) is 0. The standard InChI is InChI=1S/C76H56N2/c1-75(2)67-47-66-68(48-65(67)73-61-39-23-19-35-55(61)63(45-69(73)75)57-41-43-71(59-37-21-17-33-53(57)59)77(49-25-9-5-10-26-49)50-27-11-6-12-28-50)76(3,4)70-46-64(56-36-20-24-40-62(56)74(66)70)58-42-44-72(60-38-22-18-34-54(58)60)78(51-29-13-7-14-30-51)52-31-15-8-16-32-52/h5-48H,1-4H3. The molecule has 13 aromatic rings. The van der Waals surface area contributed by atoms with Crippen LogP contribution in [0.25, 0.3) is 87.6 Å². The molecule has 0 heterocycles. The maximum Gasteiger partial charge on any atom is 0.0540 e. The van der Waals surface area contributed by atoms with Crippen LogP contribution < -0.4 is 9.80 Å². The molecule has 370 valence electrons. The van der Waals surface area contributed by atoms with Gasteiger partial charge in [-0.05, 0) is 184 Å². The van der Waals surface area contributed by atoms with Crippen molar-refractivity contribution in [1.29, 1.82) is 0 Å². The zero-order valence-corrected chi connectivity index (χ0v) is 44.3. The van der Waals surface area contributed by atoms with Gasteiger partial charge in [-0.1, -0.05) is 210 Å². The second-order valence-corrected chi connectivity index (χ2v) is 22.3. The lowest BCUT2D eigenvalue weighted by Gasteiger charge is -2.28. The van der Waals surface area contributed by atoms with Crippen molar-refractivity contribution in [3.8, 4) is 44.5 Å². The first-order valence-corrected chi connectivity index (χ1v) is 27.4. The second-order valence-electron chi connectivity index (χ2n) is 22.3. The Morgan fingerprint density at radius 2 is 0.474 bits per heavy atom. The van der Waals surface area contributed by atoms with Gasteiger partial charge in [-0.15, -0.1) is 0 Å². The minimum atomic E-state index is -0.275. The maximum absolute atomic E-state index is 2.59. The molecule has 0 spiro atoms. The van der Waals surface area contributed by atoms with E-state index in [1.165, 1.54) is 110 Å². The minimum Gasteiger partial charge on any atom is -0.310 e. The van der Waals surface area contributed by atoms with E-state index in [4.69, 9.17) is 0 Å². The lowest BCUT2D eigenvalue weighted by molar-refractivity contribution is 0.652. The number of nitrogens with zero attached hydrogens (tertiary/aromatic N) is 2. The van der Waals surface area contributed by atoms with E-state index in [1.807, 2.05) is 0 Å². The normalized spacial score (nSPS) is 13.6. The molecule has 0 aliphatic heterocycles. The molecule has 2 aliphatic rings. The summed E-state index contributed by atoms with van der Waals surface area (Å²) >= 11 is 0. The van der Waals surface area contributed by atoms with Crippen LogP contribution in [0, 0.1) is 0 Å². The second kappa shape index (κ2) is 17.5. The molecule has 0 unspecified atom stereocenters. The van der Waals surface area contributed by atoms with E-state index in [-0.39, 0.29) is 10.8 Å². The van der Waals surface area contributed by atoms with Gasteiger partial charge in [0.15, 0.2) is 0 Å². The monoisotopic (exact) mass is 996 g/mol. The van der Waals surface area contributed by atoms with Crippen LogP contribution in [0.4, 0.5) is 34.1 Å². The smallest absolute Gasteiger partial charge is 0.0540 e. The molecule has 0 saturated heterocycles. The Balaban J connectivity index is 0.886. The van der Waals surface area contributed by atoms with Gasteiger partial charge in [0, 0.05) is 44.4 Å². The van der Waals surface area contributed by atoms with Gasteiger partial charge in [0.1, 0.15) is 0 Å². The molecule has 0 fully saturated rings. The predicted molar refractivity (Wildman–Crippen MR) is 332 cm³/mol. The van der Waals surface area contributed by atoms with Crippen molar-refractivity contribution in [2.75, 3.05) is 9.80 Å². The van der Waals surface area contributed by atoms with Gasteiger partial charge >= 0.3 is 0 Å². The number of anilines is 6. The largest absolute Gasteiger partial charge is 0.310 e. The highest BCUT2D eigenvalue weighted by Gasteiger charge is 2.43. The third-order valence-corrected chi connectivity index (χ3v) is 17.4. The first-order chi connectivity index (χ1) is 38.3. The molecule has 2 aliphatic carbocycles. The lowest BCUT2D eigenvalue weighted by Crippen LogP contribution is -2.17. The molecule has 0 bridgehead atoms. The van der Waals surface area contributed by atoms with Gasteiger partial charge < -0.3 is 9.80 Å². The average Bonchev–Trinajstić information content (AvgIpc) is 3.95. The summed E-state index contributed by atoms with van der Waals surface area (Å²) in [5.41, 5.74) is 22.3. The summed E-state index contributed by atoms with van der Waals surface area (Å²) < 4.78 is 0. The molecular formula is C76H56N2. The Labute approximate surface area is 456 Å². The SMILES string of the molecule is CC1(C)c2cc3c(cc2-c2c1cc(-c1ccc(N(c4ccccc4)c4ccccc4)c4ccccc14)c1ccccc21)C(C)(C)c1cc(-c2ccc(N(c4ccccc4)c4ccccc4)c4ccccc24)c2ccccc2c1-3. The van der Waals surface area contributed by atoms with Crippen molar-refractivity contribution >= 4 is 77.2 Å². The maximum atomic E-state index is 2.59. The first-order valence-electron chi connectivity index (χ1n) is 27.4. The van der Waals surface area contributed by atoms with Crippen LogP contribution in [0.1, 0.15) is 49.9 Å². The summed E-state index contributed by atoms with van der Waals surface area (Å²) in [5.74, 6) is 0. The van der Waals surface area contributed by atoms with E-state index in [0.29, 0.717) is 0 Å². The van der Waals surface area contributed by atoms with Gasteiger partial charge in [0.05, 0.1) is 11.4 Å². The summed E-state index contributed by atoms with van der Waals surface area (Å²) in [7, 11) is 0. The van der Waals surface area contributed by atoms with Gasteiger partial charge in [-0.2, -0.15) is 0 Å². The predicted octanol–water partition coefficient (Wildman–Crippen LogP) is 21.2. The fraction of sp³-hybridized carbons (Fsp3) is 0.0789. The molecule has 2 heteroatoms. The van der Waals surface area contributed by atoms with E-state index in [1.54, 1.807) is 0 Å². The van der Waals surface area contributed by atoms with Gasteiger partial charge in [0.25, 0.3) is 0 Å². The highest BCUT2D eigenvalue weighted by molar-refractivity contribution is 6.17. The third-order valence-electron chi connectivity index (χ3n) is 17.4. The summed E-state index contributed by atoms with van der Waals surface area (Å²) in [6.45, 7) is 9.81. The molecule has 78 heavy (non-hydrogen) atoms. The number of rotatable bonds is 8. The summed E-state index contributed by atoms with van der Waals surface area (Å²) in [4.78, 5) is 4.78. The molecule has 0 saturated carbocycles. The summed E-state index contributed by atoms with van der Waals surface area (Å²) in [5, 5.41) is 10.0. The number of para-hydroxylation sites is 4. The number of fused-ring (bicyclic) bond motifs is 12. The van der Waals surface area contributed by atoms with Crippen molar-refractivity contribution in [3.05, 3.63) is 289 Å². The van der Waals surface area contributed by atoms with Crippen LogP contribution in [-0.2, 0) is 10.8 Å². The topological polar surface area (TPSA) is 6.48 Å². The molecule has 2 nitrogen and oxygen atoms in total. The Morgan fingerprint density at radius 3 is 0.795 bits per heavy atom. The van der Waals surface area contributed by atoms with Crippen molar-refractivity contribution in [2.24, 2.45) is 0 Å². The highest BCUT2D eigenvalue weighted by atomic mass is 15.1. The molecule has 15 rings (SSSR count). The summed E-state index contributed by atoms with van der Waals surface area (Å²) in [6, 6.07) is 98.9. The van der Waals surface area contributed by atoms with E-state index in [9.17, 15) is 0 Å².